The monoisotopic (exact) mass is 430 g/mol. The smallest absolute Gasteiger partial charge is 0.251 e. The van der Waals surface area contributed by atoms with Crippen LogP contribution in [0.2, 0.25) is 0 Å². The van der Waals surface area contributed by atoms with Crippen molar-refractivity contribution in [1.82, 2.24) is 9.97 Å². The van der Waals surface area contributed by atoms with Crippen LogP contribution in [0.1, 0.15) is 65.1 Å². The first kappa shape index (κ1) is 22.0. The third-order valence-electron chi connectivity index (χ3n) is 6.18. The van der Waals surface area contributed by atoms with Crippen molar-refractivity contribution in [2.75, 3.05) is 0 Å². The van der Waals surface area contributed by atoms with E-state index in [0.717, 1.165) is 52.2 Å². The van der Waals surface area contributed by atoms with E-state index in [9.17, 15) is 9.59 Å². The average molecular weight is 431 g/mol. The molecule has 2 aromatic heterocycles. The Balaban J connectivity index is 1.69. The van der Waals surface area contributed by atoms with Gasteiger partial charge in [0.15, 0.2) is 5.78 Å². The Morgan fingerprint density at radius 2 is 1.94 bits per heavy atom. The Kier molecular flexibility index (Phi) is 5.76. The molecule has 4 rings (SSSR count). The first-order valence-corrected chi connectivity index (χ1v) is 11.1. The van der Waals surface area contributed by atoms with E-state index in [2.05, 4.69) is 23.8 Å². The van der Waals surface area contributed by atoms with Gasteiger partial charge in [-0.2, -0.15) is 0 Å². The summed E-state index contributed by atoms with van der Waals surface area (Å²) in [4.78, 5) is 32.8. The number of carbonyl (C=O) groups excluding carboxylic acids is 1. The van der Waals surface area contributed by atoms with Gasteiger partial charge in [0.05, 0.1) is 0 Å². The summed E-state index contributed by atoms with van der Waals surface area (Å²) in [5.74, 6) is 0.868. The molecular weight excluding hydrogens is 400 g/mol. The lowest BCUT2D eigenvalue weighted by Crippen LogP contribution is -2.33. The number of pyridine rings is 2. The summed E-state index contributed by atoms with van der Waals surface area (Å²) in [7, 11) is 0. The number of rotatable bonds is 5. The molecule has 0 spiro atoms. The van der Waals surface area contributed by atoms with Gasteiger partial charge in [0.2, 0.25) is 0 Å². The van der Waals surface area contributed by atoms with Gasteiger partial charge in [-0.3, -0.25) is 14.6 Å². The van der Waals surface area contributed by atoms with E-state index < -0.39 is 0 Å². The number of carbonyl (C=O) groups is 1. The number of ketones is 1. The lowest BCUT2D eigenvalue weighted by molar-refractivity contribution is 0.0853. The number of nitrogens with one attached hydrogen (secondary N) is 1. The van der Waals surface area contributed by atoms with Gasteiger partial charge in [0.1, 0.15) is 11.4 Å². The summed E-state index contributed by atoms with van der Waals surface area (Å²) in [6.07, 6.45) is 4.28. The molecule has 1 aliphatic heterocycles. The summed E-state index contributed by atoms with van der Waals surface area (Å²) < 4.78 is 6.36. The Morgan fingerprint density at radius 3 is 2.62 bits per heavy atom. The highest BCUT2D eigenvalue weighted by Crippen LogP contribution is 2.41. The summed E-state index contributed by atoms with van der Waals surface area (Å²) in [6.45, 7) is 9.92. The van der Waals surface area contributed by atoms with Gasteiger partial charge < -0.3 is 9.72 Å². The van der Waals surface area contributed by atoms with Crippen molar-refractivity contribution in [3.63, 3.8) is 0 Å². The molecule has 1 N–H and O–H groups in total. The molecule has 3 heterocycles. The maximum Gasteiger partial charge on any atom is 0.251 e. The standard InChI is InChI=1S/C27H30N2O3/c1-16-12-18(3)29-26(31)22(16)8-9-24(30)21-13-19-10-11-27(4,5)32-25(19)23(14-21)20-7-6-17(2)28-15-20/h6-7,12-15H,8-11H2,1-5H3,(H,29,31). The van der Waals surface area contributed by atoms with Crippen molar-refractivity contribution in [3.05, 3.63) is 80.5 Å². The predicted octanol–water partition coefficient (Wildman–Crippen LogP) is 5.28. The number of H-pyrrole nitrogens is 1. The predicted molar refractivity (Wildman–Crippen MR) is 127 cm³/mol. The summed E-state index contributed by atoms with van der Waals surface area (Å²) in [5.41, 5.74) is 6.55. The molecule has 166 valence electrons. The zero-order valence-corrected chi connectivity index (χ0v) is 19.5. The first-order valence-electron chi connectivity index (χ1n) is 11.1. The maximum atomic E-state index is 13.2. The molecule has 0 saturated heterocycles. The SMILES string of the molecule is Cc1ccc(-c2cc(C(=O)CCc3c(C)cc(C)[nH]c3=O)cc3c2OC(C)(C)CC3)cn1. The molecule has 0 radical (unpaired) electrons. The number of hydrogen-bond acceptors (Lipinski definition) is 4. The number of aryl methyl sites for hydroxylation is 4. The summed E-state index contributed by atoms with van der Waals surface area (Å²) in [5, 5.41) is 0. The van der Waals surface area contributed by atoms with Crippen molar-refractivity contribution < 1.29 is 9.53 Å². The van der Waals surface area contributed by atoms with E-state index in [0.29, 0.717) is 17.5 Å². The Morgan fingerprint density at radius 1 is 1.16 bits per heavy atom. The van der Waals surface area contributed by atoms with E-state index >= 15 is 0 Å². The van der Waals surface area contributed by atoms with Crippen molar-refractivity contribution in [1.29, 1.82) is 0 Å². The molecule has 32 heavy (non-hydrogen) atoms. The van der Waals surface area contributed by atoms with Gasteiger partial charge in [-0.15, -0.1) is 0 Å². The summed E-state index contributed by atoms with van der Waals surface area (Å²) in [6, 6.07) is 9.82. The minimum Gasteiger partial charge on any atom is -0.487 e. The lowest BCUT2D eigenvalue weighted by atomic mass is 9.88. The topological polar surface area (TPSA) is 72.0 Å². The third kappa shape index (κ3) is 4.52. The number of aromatic amines is 1. The van der Waals surface area contributed by atoms with Crippen LogP contribution in [0.5, 0.6) is 5.75 Å². The molecule has 0 aliphatic carbocycles. The molecule has 3 aromatic rings. The van der Waals surface area contributed by atoms with Crippen LogP contribution in [0.3, 0.4) is 0 Å². The third-order valence-corrected chi connectivity index (χ3v) is 6.18. The van der Waals surface area contributed by atoms with Gasteiger partial charge in [-0.05, 0) is 89.3 Å². The van der Waals surface area contributed by atoms with Crippen LogP contribution in [0.25, 0.3) is 11.1 Å². The molecule has 0 amide bonds. The maximum absolute atomic E-state index is 13.2. The molecule has 0 unspecified atom stereocenters. The highest BCUT2D eigenvalue weighted by Gasteiger charge is 2.30. The van der Waals surface area contributed by atoms with Crippen molar-refractivity contribution in [2.45, 2.75) is 65.9 Å². The van der Waals surface area contributed by atoms with Crippen LogP contribution in [-0.4, -0.2) is 21.4 Å². The fourth-order valence-corrected chi connectivity index (χ4v) is 4.34. The van der Waals surface area contributed by atoms with Crippen LogP contribution >= 0.6 is 0 Å². The second kappa shape index (κ2) is 8.38. The molecule has 0 saturated carbocycles. The number of aromatic nitrogens is 2. The van der Waals surface area contributed by atoms with Gasteiger partial charge in [0, 0.05) is 46.3 Å². The van der Waals surface area contributed by atoms with Crippen LogP contribution < -0.4 is 10.3 Å². The fraction of sp³-hybridized carbons (Fsp3) is 0.370. The van der Waals surface area contributed by atoms with Crippen molar-refractivity contribution in [3.8, 4) is 16.9 Å². The minimum atomic E-state index is -0.255. The molecule has 0 atom stereocenters. The molecule has 5 nitrogen and oxygen atoms in total. The van der Waals surface area contributed by atoms with E-state index in [1.54, 1.807) is 0 Å². The van der Waals surface area contributed by atoms with Gasteiger partial charge in [-0.1, -0.05) is 6.07 Å². The molecule has 1 aromatic carbocycles. The second-order valence-electron chi connectivity index (χ2n) is 9.43. The number of Topliss-reactive ketones (excluding diaryl/α,β-unsaturated/α-hetero) is 1. The fourth-order valence-electron chi connectivity index (χ4n) is 4.34. The van der Waals surface area contributed by atoms with E-state index in [4.69, 9.17) is 4.74 Å². The second-order valence-corrected chi connectivity index (χ2v) is 9.43. The highest BCUT2D eigenvalue weighted by molar-refractivity contribution is 5.98. The number of benzene rings is 1. The van der Waals surface area contributed by atoms with Crippen molar-refractivity contribution >= 4 is 5.78 Å². The van der Waals surface area contributed by atoms with Gasteiger partial charge >= 0.3 is 0 Å². The molecule has 1 aliphatic rings. The Labute approximate surface area is 188 Å². The van der Waals surface area contributed by atoms with Gasteiger partial charge in [-0.25, -0.2) is 0 Å². The Bertz CT molecular complexity index is 1240. The van der Waals surface area contributed by atoms with E-state index in [1.807, 2.05) is 57.3 Å². The largest absolute Gasteiger partial charge is 0.487 e. The zero-order chi connectivity index (χ0) is 23.0. The average Bonchev–Trinajstić information content (AvgIpc) is 2.72. The molecule has 0 fully saturated rings. The first-order chi connectivity index (χ1) is 15.1. The van der Waals surface area contributed by atoms with Gasteiger partial charge in [0.25, 0.3) is 5.56 Å². The number of nitrogens with zero attached hydrogens (tertiary/aromatic N) is 1. The van der Waals surface area contributed by atoms with Crippen LogP contribution in [0.4, 0.5) is 0 Å². The van der Waals surface area contributed by atoms with Crippen LogP contribution in [0, 0.1) is 20.8 Å². The molecular formula is C27H30N2O3. The lowest BCUT2D eigenvalue weighted by Gasteiger charge is -2.34. The normalized spacial score (nSPS) is 14.5. The number of ether oxygens (including phenoxy) is 1. The molecule has 0 bridgehead atoms. The van der Waals surface area contributed by atoms with E-state index in [-0.39, 0.29) is 23.4 Å². The molecule has 5 heteroatoms. The van der Waals surface area contributed by atoms with E-state index in [1.165, 1.54) is 0 Å². The zero-order valence-electron chi connectivity index (χ0n) is 19.5. The minimum absolute atomic E-state index is 0.0262. The van der Waals surface area contributed by atoms with Crippen molar-refractivity contribution in [2.24, 2.45) is 0 Å². The quantitative estimate of drug-likeness (QED) is 0.559. The highest BCUT2D eigenvalue weighted by atomic mass is 16.5. The Hall–Kier alpha value is -3.21. The number of hydrogen-bond donors (Lipinski definition) is 1. The van der Waals surface area contributed by atoms with Crippen LogP contribution in [0.15, 0.2) is 41.3 Å². The summed E-state index contributed by atoms with van der Waals surface area (Å²) >= 11 is 0. The van der Waals surface area contributed by atoms with Crippen LogP contribution in [-0.2, 0) is 12.8 Å². The number of fused-ring (bicyclic) bond motifs is 1.